The molecule has 0 aliphatic carbocycles. The minimum absolute atomic E-state index is 0.0784. The van der Waals surface area contributed by atoms with Crippen LogP contribution in [-0.2, 0) is 0 Å². The SMILES string of the molecule is CCN=C(N)c1cc([N+](=O)[O-])cc(Br)c1N. The zero-order valence-corrected chi connectivity index (χ0v) is 10.2. The lowest BCUT2D eigenvalue weighted by Gasteiger charge is -2.06. The zero-order valence-electron chi connectivity index (χ0n) is 8.61. The quantitative estimate of drug-likeness (QED) is 0.290. The van der Waals surface area contributed by atoms with Crippen LogP contribution < -0.4 is 11.5 Å². The van der Waals surface area contributed by atoms with Crippen molar-refractivity contribution < 1.29 is 4.92 Å². The number of rotatable bonds is 3. The number of non-ortho nitro benzene ring substituents is 1. The minimum atomic E-state index is -0.507. The van der Waals surface area contributed by atoms with Crippen molar-refractivity contribution in [3.05, 3.63) is 32.3 Å². The van der Waals surface area contributed by atoms with Crippen molar-refractivity contribution in [2.75, 3.05) is 12.3 Å². The molecular weight excluding hydrogens is 276 g/mol. The fourth-order valence-electron chi connectivity index (χ4n) is 1.18. The van der Waals surface area contributed by atoms with Crippen LogP contribution in [0.1, 0.15) is 12.5 Å². The van der Waals surface area contributed by atoms with E-state index in [4.69, 9.17) is 11.5 Å². The number of nitro groups is 1. The normalized spacial score (nSPS) is 11.5. The third-order valence-electron chi connectivity index (χ3n) is 1.93. The molecule has 1 aromatic rings. The van der Waals surface area contributed by atoms with Crippen LogP contribution in [0.25, 0.3) is 0 Å². The van der Waals surface area contributed by atoms with Crippen LogP contribution >= 0.6 is 15.9 Å². The molecular formula is C9H11BrN4O2. The van der Waals surface area contributed by atoms with E-state index in [2.05, 4.69) is 20.9 Å². The Kier molecular flexibility index (Phi) is 3.83. The second-order valence-electron chi connectivity index (χ2n) is 3.01. The lowest BCUT2D eigenvalue weighted by atomic mass is 10.1. The highest BCUT2D eigenvalue weighted by molar-refractivity contribution is 9.10. The van der Waals surface area contributed by atoms with Gasteiger partial charge in [0.25, 0.3) is 5.69 Å². The van der Waals surface area contributed by atoms with Gasteiger partial charge in [0, 0.05) is 28.7 Å². The summed E-state index contributed by atoms with van der Waals surface area (Å²) < 4.78 is 0.436. The average molecular weight is 287 g/mol. The zero-order chi connectivity index (χ0) is 12.3. The molecule has 1 rings (SSSR count). The van der Waals surface area contributed by atoms with Gasteiger partial charge in [-0.05, 0) is 22.9 Å². The molecule has 0 unspecified atom stereocenters. The third-order valence-corrected chi connectivity index (χ3v) is 2.59. The average Bonchev–Trinajstić information content (AvgIpc) is 2.21. The standard InChI is InChI=1S/C9H11BrN4O2/c1-2-13-9(12)6-3-5(14(15)16)4-7(10)8(6)11/h3-4H,2,11H2,1H3,(H2,12,13). The van der Waals surface area contributed by atoms with Crippen molar-refractivity contribution in [1.29, 1.82) is 0 Å². The molecule has 86 valence electrons. The molecule has 0 heterocycles. The maximum absolute atomic E-state index is 10.7. The van der Waals surface area contributed by atoms with E-state index < -0.39 is 4.92 Å². The topological polar surface area (TPSA) is 108 Å². The summed E-state index contributed by atoms with van der Waals surface area (Å²) in [5, 5.41) is 10.7. The van der Waals surface area contributed by atoms with Gasteiger partial charge in [-0.25, -0.2) is 0 Å². The van der Waals surface area contributed by atoms with Crippen LogP contribution in [0.15, 0.2) is 21.6 Å². The lowest BCUT2D eigenvalue weighted by molar-refractivity contribution is -0.384. The van der Waals surface area contributed by atoms with E-state index in [0.717, 1.165) is 0 Å². The highest BCUT2D eigenvalue weighted by Gasteiger charge is 2.15. The van der Waals surface area contributed by atoms with Crippen molar-refractivity contribution in [2.24, 2.45) is 10.7 Å². The number of nitrogen functional groups attached to an aromatic ring is 1. The van der Waals surface area contributed by atoms with E-state index in [1.807, 2.05) is 6.92 Å². The first-order valence-electron chi connectivity index (χ1n) is 4.51. The fourth-order valence-corrected chi connectivity index (χ4v) is 1.62. The van der Waals surface area contributed by atoms with Gasteiger partial charge in [0.2, 0.25) is 0 Å². The molecule has 0 aliphatic heterocycles. The Bertz CT molecular complexity index is 459. The van der Waals surface area contributed by atoms with E-state index in [9.17, 15) is 10.1 Å². The molecule has 4 N–H and O–H groups in total. The second kappa shape index (κ2) is 4.93. The van der Waals surface area contributed by atoms with Crippen LogP contribution in [0, 0.1) is 10.1 Å². The van der Waals surface area contributed by atoms with E-state index in [1.165, 1.54) is 12.1 Å². The Morgan fingerprint density at radius 2 is 2.25 bits per heavy atom. The van der Waals surface area contributed by atoms with Crippen molar-refractivity contribution in [2.45, 2.75) is 6.92 Å². The van der Waals surface area contributed by atoms with Gasteiger partial charge >= 0.3 is 0 Å². The molecule has 0 saturated carbocycles. The molecule has 7 heteroatoms. The minimum Gasteiger partial charge on any atom is -0.397 e. The highest BCUT2D eigenvalue weighted by atomic mass is 79.9. The van der Waals surface area contributed by atoms with Crippen LogP contribution in [-0.4, -0.2) is 17.3 Å². The summed E-state index contributed by atoms with van der Waals surface area (Å²) in [4.78, 5) is 14.1. The summed E-state index contributed by atoms with van der Waals surface area (Å²) in [6.07, 6.45) is 0. The number of aliphatic imine (C=N–C) groups is 1. The number of benzene rings is 1. The first-order valence-corrected chi connectivity index (χ1v) is 5.30. The number of nitrogens with zero attached hydrogens (tertiary/aromatic N) is 2. The van der Waals surface area contributed by atoms with Crippen molar-refractivity contribution >= 4 is 33.1 Å². The maximum Gasteiger partial charge on any atom is 0.271 e. The van der Waals surface area contributed by atoms with Crippen LogP contribution in [0.2, 0.25) is 0 Å². The van der Waals surface area contributed by atoms with Gasteiger partial charge in [-0.3, -0.25) is 15.1 Å². The number of amidine groups is 1. The summed E-state index contributed by atoms with van der Waals surface area (Å²) >= 11 is 3.14. The van der Waals surface area contributed by atoms with Crippen molar-refractivity contribution in [3.8, 4) is 0 Å². The van der Waals surface area contributed by atoms with Gasteiger partial charge in [0.05, 0.1) is 10.6 Å². The Hall–Kier alpha value is -1.63. The number of hydrogen-bond donors (Lipinski definition) is 2. The number of hydrogen-bond acceptors (Lipinski definition) is 4. The largest absolute Gasteiger partial charge is 0.397 e. The summed E-state index contributed by atoms with van der Waals surface area (Å²) in [6.45, 7) is 2.31. The molecule has 0 amide bonds. The molecule has 0 atom stereocenters. The first-order chi connectivity index (χ1) is 7.47. The smallest absolute Gasteiger partial charge is 0.271 e. The molecule has 0 fully saturated rings. The highest BCUT2D eigenvalue weighted by Crippen LogP contribution is 2.28. The fraction of sp³-hybridized carbons (Fsp3) is 0.222. The summed E-state index contributed by atoms with van der Waals surface area (Å²) in [6, 6.07) is 2.65. The van der Waals surface area contributed by atoms with Gasteiger partial charge < -0.3 is 11.5 Å². The molecule has 0 saturated heterocycles. The molecule has 0 bridgehead atoms. The molecule has 0 spiro atoms. The Balaban J connectivity index is 3.38. The number of halogens is 1. The van der Waals surface area contributed by atoms with E-state index in [0.29, 0.717) is 22.3 Å². The number of nitro benzene ring substituents is 1. The number of nitrogens with two attached hydrogens (primary N) is 2. The van der Waals surface area contributed by atoms with Gasteiger partial charge in [0.1, 0.15) is 5.84 Å². The predicted octanol–water partition coefficient (Wildman–Crippen LogP) is 1.66. The molecule has 6 nitrogen and oxygen atoms in total. The molecule has 16 heavy (non-hydrogen) atoms. The molecule has 0 radical (unpaired) electrons. The Morgan fingerprint density at radius 3 is 2.75 bits per heavy atom. The maximum atomic E-state index is 10.7. The van der Waals surface area contributed by atoms with E-state index >= 15 is 0 Å². The lowest BCUT2D eigenvalue weighted by Crippen LogP contribution is -2.16. The molecule has 0 aliphatic rings. The second-order valence-corrected chi connectivity index (χ2v) is 3.86. The van der Waals surface area contributed by atoms with Crippen LogP contribution in [0.5, 0.6) is 0 Å². The van der Waals surface area contributed by atoms with E-state index in [1.54, 1.807) is 0 Å². The van der Waals surface area contributed by atoms with E-state index in [-0.39, 0.29) is 11.5 Å². The monoisotopic (exact) mass is 286 g/mol. The number of anilines is 1. The Labute approximate surface area is 101 Å². The summed E-state index contributed by atoms with van der Waals surface area (Å²) in [5.41, 5.74) is 12.1. The molecule has 0 aromatic heterocycles. The van der Waals surface area contributed by atoms with Gasteiger partial charge in [-0.1, -0.05) is 0 Å². The third kappa shape index (κ3) is 2.48. The van der Waals surface area contributed by atoms with Gasteiger partial charge in [-0.2, -0.15) is 0 Å². The van der Waals surface area contributed by atoms with Crippen molar-refractivity contribution in [1.82, 2.24) is 0 Å². The summed E-state index contributed by atoms with van der Waals surface area (Å²) in [7, 11) is 0. The van der Waals surface area contributed by atoms with Crippen molar-refractivity contribution in [3.63, 3.8) is 0 Å². The Morgan fingerprint density at radius 1 is 1.62 bits per heavy atom. The summed E-state index contributed by atoms with van der Waals surface area (Å²) in [5.74, 6) is 0.199. The van der Waals surface area contributed by atoms with Crippen LogP contribution in [0.3, 0.4) is 0 Å². The van der Waals surface area contributed by atoms with Gasteiger partial charge in [-0.15, -0.1) is 0 Å². The van der Waals surface area contributed by atoms with Crippen LogP contribution in [0.4, 0.5) is 11.4 Å². The molecule has 1 aromatic carbocycles. The predicted molar refractivity (Wildman–Crippen MR) is 66.5 cm³/mol. The van der Waals surface area contributed by atoms with Gasteiger partial charge in [0.15, 0.2) is 0 Å². The first kappa shape index (κ1) is 12.4.